The Morgan fingerprint density at radius 3 is 2.29 bits per heavy atom. The monoisotopic (exact) mass is 512 g/mol. The minimum Gasteiger partial charge on any atom is -0.325 e. The van der Waals surface area contributed by atoms with E-state index in [0.717, 1.165) is 10.5 Å². The third kappa shape index (κ3) is 5.80. The van der Waals surface area contributed by atoms with Gasteiger partial charge in [0.1, 0.15) is 7.11 Å². The average Bonchev–Trinajstić information content (AvgIpc) is 3.10. The van der Waals surface area contributed by atoms with E-state index in [9.17, 15) is 9.59 Å². The van der Waals surface area contributed by atoms with Gasteiger partial charge in [0.15, 0.2) is 0 Å². The Balaban J connectivity index is 0.00000167. The number of rotatable bonds is 6. The van der Waals surface area contributed by atoms with Gasteiger partial charge in [-0.05, 0) is 53.3 Å². The van der Waals surface area contributed by atoms with Crippen LogP contribution in [0.15, 0.2) is 65.8 Å². The first-order valence-corrected chi connectivity index (χ1v) is 12.7. The Kier molecular flexibility index (Phi) is 8.46. The van der Waals surface area contributed by atoms with Crippen LogP contribution in [0.4, 0.5) is 5.69 Å². The molecule has 0 saturated heterocycles. The van der Waals surface area contributed by atoms with E-state index in [1.165, 1.54) is 34.3 Å². The van der Waals surface area contributed by atoms with Crippen molar-refractivity contribution in [3.63, 3.8) is 0 Å². The number of anilines is 1. The fourth-order valence-corrected chi connectivity index (χ4v) is 4.54. The molecule has 1 N–H and O–H groups in total. The molecule has 2 heterocycles. The summed E-state index contributed by atoms with van der Waals surface area (Å²) >= 11 is 7.72. The molecule has 4 rings (SSSR count). The molecule has 1 aromatic heterocycles. The Hall–Kier alpha value is -3.03. The van der Waals surface area contributed by atoms with Crippen molar-refractivity contribution in [2.75, 3.05) is 11.8 Å². The van der Waals surface area contributed by atoms with Crippen molar-refractivity contribution in [2.24, 2.45) is 0 Å². The number of amides is 2. The maximum atomic E-state index is 13.3. The molecule has 0 atom stereocenters. The Labute approximate surface area is 216 Å². The van der Waals surface area contributed by atoms with E-state index < -0.39 is 5.91 Å². The summed E-state index contributed by atoms with van der Waals surface area (Å²) in [5, 5.41) is 0.260. The number of pyridine rings is 1. The second-order valence-electron chi connectivity index (χ2n) is 8.77. The molecule has 2 aromatic carbocycles. The van der Waals surface area contributed by atoms with Crippen molar-refractivity contribution < 1.29 is 19.2 Å². The molecular weight excluding hydrogens is 482 g/mol. The standard InChI is InChI=1S/C25H24ClN3O3S.C2H6/c1-25(2,3)17-7-9-18(10-8-17)33-27-20-12-11-19(26)21-22(20)24(31)29(23(21)30)15-16-6-5-13-28(14-16)32-4;1-2/h5-14H,15H2,1-4H3;1-2H3/p+1. The molecule has 0 fully saturated rings. The van der Waals surface area contributed by atoms with Crippen LogP contribution >= 0.6 is 23.5 Å². The van der Waals surface area contributed by atoms with Crippen molar-refractivity contribution in [3.05, 3.63) is 88.2 Å². The number of hydrogen-bond donors (Lipinski definition) is 1. The number of benzene rings is 2. The van der Waals surface area contributed by atoms with Gasteiger partial charge < -0.3 is 4.72 Å². The molecule has 0 saturated carbocycles. The van der Waals surface area contributed by atoms with Crippen LogP contribution < -0.4 is 14.3 Å². The predicted molar refractivity (Wildman–Crippen MR) is 141 cm³/mol. The lowest BCUT2D eigenvalue weighted by Crippen LogP contribution is -2.40. The zero-order chi connectivity index (χ0) is 25.8. The Morgan fingerprint density at radius 2 is 1.66 bits per heavy atom. The number of imide groups is 1. The summed E-state index contributed by atoms with van der Waals surface area (Å²) in [4.78, 5) is 33.7. The molecule has 8 heteroatoms. The van der Waals surface area contributed by atoms with Gasteiger partial charge in [0.25, 0.3) is 11.8 Å². The molecule has 6 nitrogen and oxygen atoms in total. The van der Waals surface area contributed by atoms with E-state index in [4.69, 9.17) is 16.4 Å². The van der Waals surface area contributed by atoms with Crippen LogP contribution in [-0.2, 0) is 12.0 Å². The van der Waals surface area contributed by atoms with Gasteiger partial charge in [-0.2, -0.15) is 0 Å². The molecule has 0 radical (unpaired) electrons. The van der Waals surface area contributed by atoms with Crippen molar-refractivity contribution in [3.8, 4) is 0 Å². The highest BCUT2D eigenvalue weighted by Gasteiger charge is 2.39. The SMILES string of the molecule is CC.CO[n+]1cccc(CN2C(=O)c3c(Cl)ccc(NSc4ccc(C(C)(C)C)cc4)c3C2=O)c1. The van der Waals surface area contributed by atoms with Crippen molar-refractivity contribution >= 4 is 41.1 Å². The fraction of sp³-hybridized carbons (Fsp3) is 0.296. The lowest BCUT2D eigenvalue weighted by molar-refractivity contribution is -0.885. The van der Waals surface area contributed by atoms with Crippen LogP contribution in [0.25, 0.3) is 0 Å². The third-order valence-electron chi connectivity index (χ3n) is 5.46. The van der Waals surface area contributed by atoms with E-state index >= 15 is 0 Å². The summed E-state index contributed by atoms with van der Waals surface area (Å²) in [5.41, 5.74) is 3.15. The fourth-order valence-electron chi connectivity index (χ4n) is 3.63. The lowest BCUT2D eigenvalue weighted by Gasteiger charge is -2.19. The first kappa shape index (κ1) is 26.6. The van der Waals surface area contributed by atoms with Crippen LogP contribution in [0.1, 0.15) is 66.5 Å². The zero-order valence-corrected chi connectivity index (χ0v) is 22.5. The molecule has 1 aliphatic heterocycles. The van der Waals surface area contributed by atoms with Gasteiger partial charge in [-0.3, -0.25) is 19.3 Å². The Bertz CT molecular complexity index is 1220. The van der Waals surface area contributed by atoms with E-state index in [2.05, 4.69) is 37.6 Å². The van der Waals surface area contributed by atoms with E-state index in [1.807, 2.05) is 32.0 Å². The number of carbonyl (C=O) groups excluding carboxylic acids is 2. The zero-order valence-electron chi connectivity index (χ0n) is 20.9. The molecule has 0 unspecified atom stereocenters. The maximum Gasteiger partial charge on any atom is 0.264 e. The van der Waals surface area contributed by atoms with Crippen LogP contribution in [0.5, 0.6) is 0 Å². The molecule has 0 aliphatic carbocycles. The van der Waals surface area contributed by atoms with Crippen LogP contribution in [0.2, 0.25) is 5.02 Å². The van der Waals surface area contributed by atoms with Gasteiger partial charge in [-0.15, -0.1) is 0 Å². The number of fused-ring (bicyclic) bond motifs is 1. The van der Waals surface area contributed by atoms with Crippen LogP contribution in [-0.4, -0.2) is 23.8 Å². The molecular formula is C27H31ClN3O3S+. The smallest absolute Gasteiger partial charge is 0.264 e. The summed E-state index contributed by atoms with van der Waals surface area (Å²) in [6.07, 6.45) is 3.46. The van der Waals surface area contributed by atoms with Gasteiger partial charge >= 0.3 is 0 Å². The second-order valence-corrected chi connectivity index (χ2v) is 10.1. The number of aromatic nitrogens is 1. The van der Waals surface area contributed by atoms with E-state index in [-0.39, 0.29) is 28.5 Å². The average molecular weight is 513 g/mol. The minimum atomic E-state index is -0.406. The molecule has 0 bridgehead atoms. The van der Waals surface area contributed by atoms with Crippen molar-refractivity contribution in [1.82, 2.24) is 4.90 Å². The van der Waals surface area contributed by atoms with Gasteiger partial charge in [-0.1, -0.05) is 58.4 Å². The topological polar surface area (TPSA) is 62.5 Å². The molecule has 35 heavy (non-hydrogen) atoms. The first-order chi connectivity index (χ1) is 16.7. The number of hydrogen-bond acceptors (Lipinski definition) is 5. The molecule has 3 aromatic rings. The third-order valence-corrected chi connectivity index (χ3v) is 6.60. The largest absolute Gasteiger partial charge is 0.325 e. The minimum absolute atomic E-state index is 0.0745. The quantitative estimate of drug-likeness (QED) is 0.252. The normalized spacial score (nSPS) is 12.7. The highest BCUT2D eigenvalue weighted by atomic mass is 35.5. The second kappa shape index (κ2) is 11.1. The van der Waals surface area contributed by atoms with E-state index in [0.29, 0.717) is 11.3 Å². The lowest BCUT2D eigenvalue weighted by atomic mass is 9.87. The molecule has 184 valence electrons. The first-order valence-electron chi connectivity index (χ1n) is 11.5. The number of carbonyl (C=O) groups is 2. The summed E-state index contributed by atoms with van der Waals surface area (Å²) in [6.45, 7) is 10.6. The summed E-state index contributed by atoms with van der Waals surface area (Å²) < 4.78 is 4.74. The number of nitrogens with one attached hydrogen (secondary N) is 1. The summed E-state index contributed by atoms with van der Waals surface area (Å²) in [6, 6.07) is 15.3. The molecule has 2 amide bonds. The van der Waals surface area contributed by atoms with Crippen LogP contribution in [0.3, 0.4) is 0 Å². The Morgan fingerprint density at radius 1 is 1.00 bits per heavy atom. The van der Waals surface area contributed by atoms with Gasteiger partial charge in [0, 0.05) is 21.3 Å². The maximum absolute atomic E-state index is 13.3. The predicted octanol–water partition coefficient (Wildman–Crippen LogP) is 5.93. The summed E-state index contributed by atoms with van der Waals surface area (Å²) in [5.74, 6) is -0.785. The summed E-state index contributed by atoms with van der Waals surface area (Å²) in [7, 11) is 1.54. The van der Waals surface area contributed by atoms with Gasteiger partial charge in [-0.25, -0.2) is 0 Å². The van der Waals surface area contributed by atoms with E-state index in [1.54, 1.807) is 30.6 Å². The van der Waals surface area contributed by atoms with Crippen molar-refractivity contribution in [1.29, 1.82) is 0 Å². The molecule has 0 spiro atoms. The molecule has 1 aliphatic rings. The van der Waals surface area contributed by atoms with Crippen LogP contribution in [0, 0.1) is 0 Å². The highest BCUT2D eigenvalue weighted by Crippen LogP contribution is 2.37. The number of halogens is 1. The number of nitrogens with zero attached hydrogens (tertiary/aromatic N) is 2. The van der Waals surface area contributed by atoms with Gasteiger partial charge in [0.2, 0.25) is 12.4 Å². The van der Waals surface area contributed by atoms with Crippen molar-refractivity contribution in [2.45, 2.75) is 51.5 Å². The van der Waals surface area contributed by atoms with Gasteiger partial charge in [0.05, 0.1) is 28.4 Å². The highest BCUT2D eigenvalue weighted by molar-refractivity contribution is 8.00.